The van der Waals surface area contributed by atoms with Gasteiger partial charge in [0.05, 0.1) is 5.69 Å². The number of anilines is 1. The second-order valence-corrected chi connectivity index (χ2v) is 4.93. The van der Waals surface area contributed by atoms with Gasteiger partial charge >= 0.3 is 0 Å². The minimum absolute atomic E-state index is 0. The van der Waals surface area contributed by atoms with Crippen LogP contribution in [0.1, 0.15) is 30.3 Å². The molecule has 0 fully saturated rings. The van der Waals surface area contributed by atoms with Crippen LogP contribution in [0.15, 0.2) is 0 Å². The van der Waals surface area contributed by atoms with Crippen molar-refractivity contribution in [3.63, 3.8) is 0 Å². The van der Waals surface area contributed by atoms with Crippen molar-refractivity contribution in [2.75, 3.05) is 12.3 Å². The first-order valence-electron chi connectivity index (χ1n) is 5.27. The van der Waals surface area contributed by atoms with Gasteiger partial charge in [0, 0.05) is 10.9 Å². The highest BCUT2D eigenvalue weighted by atomic mass is 35.5. The summed E-state index contributed by atoms with van der Waals surface area (Å²) in [5.41, 5.74) is 6.93. The van der Waals surface area contributed by atoms with Crippen LogP contribution in [0.3, 0.4) is 0 Å². The van der Waals surface area contributed by atoms with Gasteiger partial charge in [-0.25, -0.2) is 4.98 Å². The van der Waals surface area contributed by atoms with Gasteiger partial charge in [0.25, 0.3) is 0 Å². The molecular formula is C10H23Cl4N3OS. The number of nitrogens with two attached hydrogens (primary N) is 1. The van der Waals surface area contributed by atoms with Crippen LogP contribution in [-0.2, 0) is 12.8 Å². The molecule has 0 spiro atoms. The molecule has 19 heavy (non-hydrogen) atoms. The van der Waals surface area contributed by atoms with Gasteiger partial charge in [0.15, 0.2) is 5.13 Å². The molecule has 0 aliphatic heterocycles. The molecule has 2 rings (SSSR count). The van der Waals surface area contributed by atoms with Crippen molar-refractivity contribution >= 4 is 66.1 Å². The van der Waals surface area contributed by atoms with E-state index in [1.165, 1.54) is 23.4 Å². The Morgan fingerprint density at radius 3 is 2.53 bits per heavy atom. The molecule has 1 aromatic heterocycles. The second-order valence-electron chi connectivity index (χ2n) is 3.82. The number of fused-ring (bicyclic) bond motifs is 1. The summed E-state index contributed by atoms with van der Waals surface area (Å²) in [6, 6.07) is 0.641. The van der Waals surface area contributed by atoms with E-state index in [1.807, 2.05) is 0 Å². The van der Waals surface area contributed by atoms with Crippen molar-refractivity contribution in [2.24, 2.45) is 0 Å². The number of aryl methyl sites for hydroxylation is 1. The third-order valence-electron chi connectivity index (χ3n) is 2.64. The van der Waals surface area contributed by atoms with Crippen LogP contribution >= 0.6 is 61.0 Å². The van der Waals surface area contributed by atoms with Crippen LogP contribution in [0, 0.1) is 0 Å². The highest BCUT2D eigenvalue weighted by Gasteiger charge is 2.21. The van der Waals surface area contributed by atoms with Crippen molar-refractivity contribution in [2.45, 2.75) is 38.6 Å². The van der Waals surface area contributed by atoms with E-state index >= 15 is 0 Å². The maximum Gasteiger partial charge on any atom is 0.180 e. The van der Waals surface area contributed by atoms with Gasteiger partial charge in [0.1, 0.15) is 0 Å². The molecule has 1 atom stereocenters. The molecule has 0 saturated carbocycles. The van der Waals surface area contributed by atoms with Gasteiger partial charge < -0.3 is 16.5 Å². The number of aromatic nitrogens is 1. The summed E-state index contributed by atoms with van der Waals surface area (Å²) in [7, 11) is 0. The van der Waals surface area contributed by atoms with Crippen LogP contribution in [0.4, 0.5) is 5.13 Å². The first-order valence-corrected chi connectivity index (χ1v) is 6.08. The molecule has 9 heteroatoms. The Labute approximate surface area is 143 Å². The van der Waals surface area contributed by atoms with Crippen LogP contribution in [0.2, 0.25) is 0 Å². The average Bonchev–Trinajstić information content (AvgIpc) is 2.54. The molecule has 5 N–H and O–H groups in total. The molecule has 0 bridgehead atoms. The van der Waals surface area contributed by atoms with Gasteiger partial charge in [-0.3, -0.25) is 0 Å². The quantitative estimate of drug-likeness (QED) is 0.852. The lowest BCUT2D eigenvalue weighted by Gasteiger charge is -2.21. The van der Waals surface area contributed by atoms with Gasteiger partial charge in [0.2, 0.25) is 0 Å². The normalized spacial score (nSPS) is 15.3. The van der Waals surface area contributed by atoms with E-state index in [-0.39, 0.29) is 55.1 Å². The third-order valence-corrected chi connectivity index (χ3v) is 3.59. The molecule has 4 nitrogen and oxygen atoms in total. The Morgan fingerprint density at radius 2 is 1.95 bits per heavy atom. The summed E-state index contributed by atoms with van der Waals surface area (Å²) in [6.07, 6.45) is 4.61. The summed E-state index contributed by atoms with van der Waals surface area (Å²) in [4.78, 5) is 5.73. The average molecular weight is 375 g/mol. The van der Waals surface area contributed by atoms with Crippen LogP contribution in [0.25, 0.3) is 0 Å². The van der Waals surface area contributed by atoms with Gasteiger partial charge in [-0.05, 0) is 32.2 Å². The maximum absolute atomic E-state index is 5.69. The van der Waals surface area contributed by atoms with Crippen LogP contribution in [0.5, 0.6) is 0 Å². The zero-order valence-corrected chi connectivity index (χ0v) is 14.8. The molecule has 118 valence electrons. The van der Waals surface area contributed by atoms with Crippen molar-refractivity contribution in [1.29, 1.82) is 0 Å². The number of nitrogen functional groups attached to an aromatic ring is 1. The van der Waals surface area contributed by atoms with Crippen LogP contribution < -0.4 is 11.1 Å². The number of rotatable bonds is 3. The summed E-state index contributed by atoms with van der Waals surface area (Å²) in [5.74, 6) is 0. The number of halogens is 4. The summed E-state index contributed by atoms with van der Waals surface area (Å²) in [6.45, 7) is 3.32. The van der Waals surface area contributed by atoms with Gasteiger partial charge in [-0.1, -0.05) is 6.92 Å². The molecule has 1 aliphatic rings. The summed E-state index contributed by atoms with van der Waals surface area (Å²) in [5, 5.41) is 4.29. The number of thiazole rings is 1. The largest absolute Gasteiger partial charge is 0.412 e. The van der Waals surface area contributed by atoms with E-state index in [2.05, 4.69) is 17.2 Å². The Balaban J connectivity index is -0.000000225. The SMILES string of the molecule is CCCN[C@@H]1CCc2nc(N)sc2C1.Cl.Cl.Cl.Cl.O. The van der Waals surface area contributed by atoms with Crippen molar-refractivity contribution in [3.8, 4) is 0 Å². The van der Waals surface area contributed by atoms with E-state index in [1.54, 1.807) is 11.3 Å². The molecule has 1 aromatic rings. The lowest BCUT2D eigenvalue weighted by atomic mass is 9.98. The fourth-order valence-corrected chi connectivity index (χ4v) is 2.88. The van der Waals surface area contributed by atoms with Crippen molar-refractivity contribution in [3.05, 3.63) is 10.6 Å². The molecule has 0 aromatic carbocycles. The van der Waals surface area contributed by atoms with E-state index < -0.39 is 0 Å². The minimum Gasteiger partial charge on any atom is -0.412 e. The highest BCUT2D eigenvalue weighted by Crippen LogP contribution is 2.27. The highest BCUT2D eigenvalue weighted by molar-refractivity contribution is 7.15. The number of hydrogen-bond donors (Lipinski definition) is 2. The van der Waals surface area contributed by atoms with E-state index in [0.717, 1.165) is 24.5 Å². The Hall–Kier alpha value is 0.510. The topological polar surface area (TPSA) is 82.4 Å². The molecule has 0 unspecified atom stereocenters. The lowest BCUT2D eigenvalue weighted by molar-refractivity contribution is 0.460. The lowest BCUT2D eigenvalue weighted by Crippen LogP contribution is -2.34. The Bertz CT molecular complexity index is 328. The van der Waals surface area contributed by atoms with Gasteiger partial charge in [-0.15, -0.1) is 61.0 Å². The number of nitrogens with one attached hydrogen (secondary N) is 1. The van der Waals surface area contributed by atoms with Crippen molar-refractivity contribution in [1.82, 2.24) is 10.3 Å². The predicted octanol–water partition coefficient (Wildman–Crippen LogP) is 2.44. The molecule has 0 radical (unpaired) electrons. The smallest absolute Gasteiger partial charge is 0.180 e. The molecular weight excluding hydrogens is 352 g/mol. The van der Waals surface area contributed by atoms with Crippen molar-refractivity contribution < 1.29 is 5.48 Å². The Kier molecular flexibility index (Phi) is 19.7. The molecule has 1 aliphatic carbocycles. The minimum atomic E-state index is 0. The fraction of sp³-hybridized carbons (Fsp3) is 0.700. The molecule has 0 saturated heterocycles. The summed E-state index contributed by atoms with van der Waals surface area (Å²) < 4.78 is 0. The molecule has 1 heterocycles. The zero-order chi connectivity index (χ0) is 9.97. The number of nitrogens with zero attached hydrogens (tertiary/aromatic N) is 1. The first-order chi connectivity index (χ1) is 6.79. The summed E-state index contributed by atoms with van der Waals surface area (Å²) >= 11 is 1.65. The van der Waals surface area contributed by atoms with Crippen LogP contribution in [-0.4, -0.2) is 23.0 Å². The zero-order valence-electron chi connectivity index (χ0n) is 10.7. The predicted molar refractivity (Wildman–Crippen MR) is 93.2 cm³/mol. The second kappa shape index (κ2) is 13.5. The Morgan fingerprint density at radius 1 is 1.32 bits per heavy atom. The van der Waals surface area contributed by atoms with E-state index in [9.17, 15) is 0 Å². The fourth-order valence-electron chi connectivity index (χ4n) is 1.92. The number of hydrogen-bond acceptors (Lipinski definition) is 4. The van der Waals surface area contributed by atoms with Gasteiger partial charge in [-0.2, -0.15) is 0 Å². The van der Waals surface area contributed by atoms with E-state index in [4.69, 9.17) is 5.73 Å². The molecule has 0 amide bonds. The monoisotopic (exact) mass is 373 g/mol. The maximum atomic E-state index is 5.69. The standard InChI is InChI=1S/C10H17N3S.4ClH.H2O/c1-2-5-12-7-3-4-8-9(6-7)14-10(11)13-8;;;;;/h7,12H,2-6H2,1H3,(H2,11,13);4*1H;1H2/t7-;;;;;/m1...../s1. The van der Waals surface area contributed by atoms with E-state index in [0.29, 0.717) is 6.04 Å². The third kappa shape index (κ3) is 7.75. The first kappa shape index (κ1) is 27.8.